The zero-order valence-electron chi connectivity index (χ0n) is 15.6. The summed E-state index contributed by atoms with van der Waals surface area (Å²) in [6, 6.07) is 20.9. The van der Waals surface area contributed by atoms with Crippen molar-refractivity contribution in [3.05, 3.63) is 105 Å². The van der Waals surface area contributed by atoms with Gasteiger partial charge in [0.25, 0.3) is 0 Å². The topological polar surface area (TPSA) is 29.5 Å². The fourth-order valence-corrected chi connectivity index (χ4v) is 4.24. The zero-order valence-corrected chi connectivity index (χ0v) is 17.1. The Morgan fingerprint density at radius 2 is 1.57 bits per heavy atom. The highest BCUT2D eigenvalue weighted by atomic mass is 35.5. The first-order chi connectivity index (χ1) is 13.4. The largest absolute Gasteiger partial charge is 0.441 e. The van der Waals surface area contributed by atoms with Crippen LogP contribution in [-0.2, 0) is 16.9 Å². The number of halogens is 2. The highest BCUT2D eigenvalue weighted by molar-refractivity contribution is 6.34. The van der Waals surface area contributed by atoms with Crippen LogP contribution in [0.4, 0.5) is 0 Å². The molecule has 1 aliphatic heterocycles. The summed E-state index contributed by atoms with van der Waals surface area (Å²) in [6.07, 6.45) is 0. The minimum Gasteiger partial charge on any atom is -0.441 e. The summed E-state index contributed by atoms with van der Waals surface area (Å²) in [5.41, 5.74) is 2.91. The van der Waals surface area contributed by atoms with Crippen molar-refractivity contribution >= 4 is 29.2 Å². The van der Waals surface area contributed by atoms with Crippen molar-refractivity contribution in [2.45, 2.75) is 12.1 Å². The van der Waals surface area contributed by atoms with Gasteiger partial charge in [0, 0.05) is 28.3 Å². The van der Waals surface area contributed by atoms with E-state index in [1.807, 2.05) is 68.7 Å². The third-order valence-corrected chi connectivity index (χ3v) is 5.54. The number of fused-ring (bicyclic) bond motifs is 1. The normalized spacial score (nSPS) is 18.2. The van der Waals surface area contributed by atoms with Gasteiger partial charge in [-0.3, -0.25) is 0 Å². The minimum absolute atomic E-state index is 0.392. The van der Waals surface area contributed by atoms with Gasteiger partial charge in [-0.25, -0.2) is 4.79 Å². The number of carbonyl (C=O) groups excluding carboxylic acids is 1. The Morgan fingerprint density at radius 3 is 2.29 bits per heavy atom. The Morgan fingerprint density at radius 1 is 0.893 bits per heavy atom. The van der Waals surface area contributed by atoms with Crippen molar-refractivity contribution in [2.24, 2.45) is 0 Å². The second kappa shape index (κ2) is 7.25. The highest BCUT2D eigenvalue weighted by Crippen LogP contribution is 2.49. The van der Waals surface area contributed by atoms with Crippen molar-refractivity contribution < 1.29 is 9.53 Å². The summed E-state index contributed by atoms with van der Waals surface area (Å²) in [6.45, 7) is 0.707. The van der Waals surface area contributed by atoms with E-state index in [0.717, 1.165) is 22.3 Å². The number of nitrogens with zero attached hydrogens (tertiary/aromatic N) is 1. The number of rotatable bonds is 4. The Balaban J connectivity index is 2.06. The predicted molar refractivity (Wildman–Crippen MR) is 112 cm³/mol. The molecule has 0 aliphatic carbocycles. The third-order valence-electron chi connectivity index (χ3n) is 4.98. The molecular weight excluding hydrogens is 393 g/mol. The van der Waals surface area contributed by atoms with E-state index < -0.39 is 11.6 Å². The number of hydrogen-bond donors (Lipinski definition) is 0. The molecule has 0 radical (unpaired) electrons. The lowest BCUT2D eigenvalue weighted by Crippen LogP contribution is -2.31. The zero-order chi connectivity index (χ0) is 19.9. The van der Waals surface area contributed by atoms with Crippen molar-refractivity contribution in [1.82, 2.24) is 4.90 Å². The summed E-state index contributed by atoms with van der Waals surface area (Å²) < 4.78 is 6.15. The summed E-state index contributed by atoms with van der Waals surface area (Å²) in [5.74, 6) is -0.421. The molecule has 3 aromatic rings. The van der Waals surface area contributed by atoms with Gasteiger partial charge in [0.15, 0.2) is 5.60 Å². The van der Waals surface area contributed by atoms with Crippen LogP contribution in [0, 0.1) is 0 Å². The van der Waals surface area contributed by atoms with Crippen LogP contribution in [0.2, 0.25) is 10.0 Å². The first-order valence-electron chi connectivity index (χ1n) is 8.95. The van der Waals surface area contributed by atoms with Crippen LogP contribution in [0.1, 0.15) is 32.6 Å². The smallest absolute Gasteiger partial charge is 0.341 e. The van der Waals surface area contributed by atoms with Crippen LogP contribution in [-0.4, -0.2) is 25.0 Å². The van der Waals surface area contributed by atoms with E-state index in [1.54, 1.807) is 6.07 Å². The molecule has 142 valence electrons. The van der Waals surface area contributed by atoms with Gasteiger partial charge in [-0.05, 0) is 37.9 Å². The molecule has 1 heterocycles. The lowest BCUT2D eigenvalue weighted by atomic mass is 9.78. The monoisotopic (exact) mass is 411 g/mol. The fourth-order valence-electron chi connectivity index (χ4n) is 3.87. The summed E-state index contributed by atoms with van der Waals surface area (Å²) in [5, 5.41) is 1.01. The maximum Gasteiger partial charge on any atom is 0.341 e. The van der Waals surface area contributed by atoms with Gasteiger partial charge in [-0.1, -0.05) is 71.7 Å². The number of hydrogen-bond acceptors (Lipinski definition) is 3. The molecule has 1 atom stereocenters. The van der Waals surface area contributed by atoms with E-state index in [0.29, 0.717) is 22.2 Å². The van der Waals surface area contributed by atoms with Gasteiger partial charge < -0.3 is 9.64 Å². The molecule has 1 aliphatic rings. The Kier molecular flexibility index (Phi) is 4.92. The standard InChI is InChI=1S/C23H19Cl2NO2/c1-26(2)14-15-6-3-4-7-18(15)23(16-10-12-17(24)13-11-16)19-8-5-9-20(25)21(19)22(27)28-23/h3-13H,14H2,1-2H3. The number of ether oxygens (including phenoxy) is 1. The number of carbonyl (C=O) groups is 1. The first kappa shape index (κ1) is 19.0. The summed E-state index contributed by atoms with van der Waals surface area (Å²) in [7, 11) is 4.02. The Bertz CT molecular complexity index is 1050. The molecule has 0 spiro atoms. The van der Waals surface area contributed by atoms with Crippen LogP contribution in [0.5, 0.6) is 0 Å². The number of cyclic esters (lactones) is 1. The average molecular weight is 412 g/mol. The van der Waals surface area contributed by atoms with Crippen LogP contribution < -0.4 is 0 Å². The number of benzene rings is 3. The van der Waals surface area contributed by atoms with Crippen molar-refractivity contribution in [3.63, 3.8) is 0 Å². The lowest BCUT2D eigenvalue weighted by Gasteiger charge is -2.32. The van der Waals surface area contributed by atoms with Crippen LogP contribution in [0.25, 0.3) is 0 Å². The second-order valence-electron chi connectivity index (χ2n) is 7.13. The van der Waals surface area contributed by atoms with E-state index >= 15 is 0 Å². The maximum absolute atomic E-state index is 12.9. The van der Waals surface area contributed by atoms with E-state index in [4.69, 9.17) is 27.9 Å². The van der Waals surface area contributed by atoms with Crippen LogP contribution in [0.3, 0.4) is 0 Å². The van der Waals surface area contributed by atoms with E-state index in [9.17, 15) is 4.79 Å². The van der Waals surface area contributed by atoms with Crippen molar-refractivity contribution in [2.75, 3.05) is 14.1 Å². The van der Waals surface area contributed by atoms with E-state index in [-0.39, 0.29) is 0 Å². The molecule has 0 fully saturated rings. The molecule has 5 heteroatoms. The van der Waals surface area contributed by atoms with Crippen LogP contribution in [0.15, 0.2) is 66.7 Å². The Hall–Kier alpha value is -2.33. The molecule has 0 saturated carbocycles. The molecule has 4 rings (SSSR count). The SMILES string of the molecule is CN(C)Cc1ccccc1C1(c2ccc(Cl)cc2)OC(=O)c2c(Cl)cccc21. The molecule has 3 aromatic carbocycles. The van der Waals surface area contributed by atoms with Gasteiger partial charge in [-0.15, -0.1) is 0 Å². The fraction of sp³-hybridized carbons (Fsp3) is 0.174. The predicted octanol–water partition coefficient (Wildman–Crippen LogP) is 5.52. The van der Waals surface area contributed by atoms with Gasteiger partial charge in [0.1, 0.15) is 0 Å². The minimum atomic E-state index is -1.07. The van der Waals surface area contributed by atoms with Gasteiger partial charge >= 0.3 is 5.97 Å². The molecule has 0 saturated heterocycles. The average Bonchev–Trinajstić information content (AvgIpc) is 2.97. The van der Waals surface area contributed by atoms with Crippen molar-refractivity contribution in [3.8, 4) is 0 Å². The molecular formula is C23H19Cl2NO2. The lowest BCUT2D eigenvalue weighted by molar-refractivity contribution is 0.0248. The second-order valence-corrected chi connectivity index (χ2v) is 7.98. The van der Waals surface area contributed by atoms with Gasteiger partial charge in [0.05, 0.1) is 10.6 Å². The van der Waals surface area contributed by atoms with Crippen LogP contribution >= 0.6 is 23.2 Å². The molecule has 0 N–H and O–H groups in total. The first-order valence-corrected chi connectivity index (χ1v) is 9.70. The van der Waals surface area contributed by atoms with E-state index in [2.05, 4.69) is 11.0 Å². The molecule has 1 unspecified atom stereocenters. The number of esters is 1. The molecule has 3 nitrogen and oxygen atoms in total. The molecule has 0 aromatic heterocycles. The Labute approximate surface area is 174 Å². The molecule has 0 bridgehead atoms. The maximum atomic E-state index is 12.9. The quantitative estimate of drug-likeness (QED) is 0.529. The third kappa shape index (κ3) is 3.00. The van der Waals surface area contributed by atoms with E-state index in [1.165, 1.54) is 0 Å². The molecule has 0 amide bonds. The summed E-state index contributed by atoms with van der Waals surface area (Å²) >= 11 is 12.5. The van der Waals surface area contributed by atoms with Gasteiger partial charge in [0.2, 0.25) is 0 Å². The summed E-state index contributed by atoms with van der Waals surface area (Å²) in [4.78, 5) is 15.0. The molecule has 28 heavy (non-hydrogen) atoms. The van der Waals surface area contributed by atoms with Crippen molar-refractivity contribution in [1.29, 1.82) is 0 Å². The van der Waals surface area contributed by atoms with Gasteiger partial charge in [-0.2, -0.15) is 0 Å². The highest BCUT2D eigenvalue weighted by Gasteiger charge is 2.50.